The molecule has 0 saturated heterocycles. The Morgan fingerprint density at radius 3 is 2.12 bits per heavy atom. The SMILES string of the molecule is CCc1cccc(CC)c1-c1nc(C)c(CN(C)Cc2ccc(C(=O)OC)cc2)c(OC)n1. The van der Waals surface area contributed by atoms with E-state index < -0.39 is 0 Å². The number of benzene rings is 2. The van der Waals surface area contributed by atoms with Crippen LogP contribution in [0.3, 0.4) is 0 Å². The number of esters is 1. The maximum atomic E-state index is 11.6. The first kappa shape index (κ1) is 24.4. The zero-order valence-corrected chi connectivity index (χ0v) is 20.4. The molecule has 1 heterocycles. The van der Waals surface area contributed by atoms with Crippen molar-refractivity contribution in [2.24, 2.45) is 0 Å². The Morgan fingerprint density at radius 2 is 1.58 bits per heavy atom. The summed E-state index contributed by atoms with van der Waals surface area (Å²) in [7, 11) is 5.09. The minimum Gasteiger partial charge on any atom is -0.481 e. The first-order chi connectivity index (χ1) is 15.9. The topological polar surface area (TPSA) is 64.6 Å². The van der Waals surface area contributed by atoms with Gasteiger partial charge in [-0.3, -0.25) is 4.90 Å². The molecule has 0 fully saturated rings. The standard InChI is InChI=1S/C27H33N3O3/c1-7-20-10-9-11-21(8-2)24(20)25-28-18(3)23(26(29-25)32-5)17-30(4)16-19-12-14-22(15-13-19)27(31)33-6/h9-15H,7-8,16-17H2,1-6H3. The molecular weight excluding hydrogens is 414 g/mol. The molecule has 0 aliphatic heterocycles. The zero-order valence-electron chi connectivity index (χ0n) is 20.4. The predicted octanol–water partition coefficient (Wildman–Crippen LogP) is 5.00. The van der Waals surface area contributed by atoms with Crippen LogP contribution in [0.5, 0.6) is 5.88 Å². The van der Waals surface area contributed by atoms with Crippen molar-refractivity contribution in [3.05, 3.63) is 76.0 Å². The Hall–Kier alpha value is -3.25. The molecule has 0 aliphatic rings. The predicted molar refractivity (Wildman–Crippen MR) is 130 cm³/mol. The van der Waals surface area contributed by atoms with Gasteiger partial charge in [0.05, 0.1) is 19.8 Å². The van der Waals surface area contributed by atoms with Crippen LogP contribution in [-0.2, 0) is 30.7 Å². The average molecular weight is 448 g/mol. The van der Waals surface area contributed by atoms with Crippen molar-refractivity contribution in [3.8, 4) is 17.3 Å². The number of aryl methyl sites for hydroxylation is 3. The summed E-state index contributed by atoms with van der Waals surface area (Å²) in [6.45, 7) is 7.68. The van der Waals surface area contributed by atoms with Crippen LogP contribution < -0.4 is 4.74 Å². The van der Waals surface area contributed by atoms with E-state index in [-0.39, 0.29) is 5.97 Å². The van der Waals surface area contributed by atoms with E-state index in [0.717, 1.165) is 41.1 Å². The summed E-state index contributed by atoms with van der Waals surface area (Å²) in [5.74, 6) is 1.00. The monoisotopic (exact) mass is 447 g/mol. The van der Waals surface area contributed by atoms with Crippen LogP contribution in [0.4, 0.5) is 0 Å². The number of hydrogen-bond donors (Lipinski definition) is 0. The molecule has 0 atom stereocenters. The van der Waals surface area contributed by atoms with Crippen molar-refractivity contribution in [2.75, 3.05) is 21.3 Å². The molecule has 2 aromatic carbocycles. The second-order valence-corrected chi connectivity index (χ2v) is 8.14. The molecule has 0 radical (unpaired) electrons. The van der Waals surface area contributed by atoms with Crippen molar-refractivity contribution in [3.63, 3.8) is 0 Å². The molecule has 33 heavy (non-hydrogen) atoms. The first-order valence-corrected chi connectivity index (χ1v) is 11.3. The minimum atomic E-state index is -0.330. The molecule has 0 N–H and O–H groups in total. The van der Waals surface area contributed by atoms with Crippen LogP contribution in [0.15, 0.2) is 42.5 Å². The highest BCUT2D eigenvalue weighted by Crippen LogP contribution is 2.30. The molecule has 0 spiro atoms. The van der Waals surface area contributed by atoms with Gasteiger partial charge in [-0.15, -0.1) is 0 Å². The summed E-state index contributed by atoms with van der Waals surface area (Å²) < 4.78 is 10.5. The summed E-state index contributed by atoms with van der Waals surface area (Å²) in [6.07, 6.45) is 1.85. The van der Waals surface area contributed by atoms with Gasteiger partial charge in [-0.2, -0.15) is 4.98 Å². The van der Waals surface area contributed by atoms with Gasteiger partial charge in [-0.05, 0) is 55.6 Å². The number of nitrogens with zero attached hydrogens (tertiary/aromatic N) is 3. The van der Waals surface area contributed by atoms with Gasteiger partial charge in [0.2, 0.25) is 5.88 Å². The maximum absolute atomic E-state index is 11.6. The van der Waals surface area contributed by atoms with Gasteiger partial charge >= 0.3 is 5.97 Å². The van der Waals surface area contributed by atoms with E-state index >= 15 is 0 Å². The van der Waals surface area contributed by atoms with Gasteiger partial charge in [-0.25, -0.2) is 9.78 Å². The number of hydrogen-bond acceptors (Lipinski definition) is 6. The van der Waals surface area contributed by atoms with Crippen molar-refractivity contribution >= 4 is 5.97 Å². The molecular formula is C27H33N3O3. The Kier molecular flexibility index (Phi) is 8.17. The molecule has 174 valence electrons. The molecule has 0 aliphatic carbocycles. The summed E-state index contributed by atoms with van der Waals surface area (Å²) in [5, 5.41) is 0. The second-order valence-electron chi connectivity index (χ2n) is 8.14. The number of methoxy groups -OCH3 is 2. The van der Waals surface area contributed by atoms with E-state index in [1.165, 1.54) is 18.2 Å². The van der Waals surface area contributed by atoms with Crippen LogP contribution in [0, 0.1) is 6.92 Å². The molecule has 1 aromatic heterocycles. The van der Waals surface area contributed by atoms with E-state index in [4.69, 9.17) is 19.4 Å². The van der Waals surface area contributed by atoms with E-state index in [2.05, 4.69) is 36.9 Å². The Morgan fingerprint density at radius 1 is 0.939 bits per heavy atom. The van der Waals surface area contributed by atoms with Gasteiger partial charge in [-0.1, -0.05) is 44.2 Å². The van der Waals surface area contributed by atoms with Gasteiger partial charge in [0, 0.05) is 29.9 Å². The largest absolute Gasteiger partial charge is 0.481 e. The van der Waals surface area contributed by atoms with Crippen molar-refractivity contribution < 1.29 is 14.3 Å². The number of ether oxygens (including phenoxy) is 2. The second kappa shape index (κ2) is 11.1. The minimum absolute atomic E-state index is 0.330. The highest BCUT2D eigenvalue weighted by Gasteiger charge is 2.18. The number of carbonyl (C=O) groups excluding carboxylic acids is 1. The van der Waals surface area contributed by atoms with Crippen molar-refractivity contribution in [2.45, 2.75) is 46.7 Å². The van der Waals surface area contributed by atoms with E-state index in [0.29, 0.717) is 24.5 Å². The van der Waals surface area contributed by atoms with Gasteiger partial charge in [0.25, 0.3) is 0 Å². The van der Waals surface area contributed by atoms with Crippen molar-refractivity contribution in [1.82, 2.24) is 14.9 Å². The normalized spacial score (nSPS) is 11.0. The number of aromatic nitrogens is 2. The lowest BCUT2D eigenvalue weighted by atomic mass is 9.96. The summed E-state index contributed by atoms with van der Waals surface area (Å²) >= 11 is 0. The average Bonchev–Trinajstić information content (AvgIpc) is 2.84. The third-order valence-electron chi connectivity index (χ3n) is 5.85. The highest BCUT2D eigenvalue weighted by atomic mass is 16.5. The zero-order chi connectivity index (χ0) is 24.0. The Bertz CT molecular complexity index is 1090. The van der Waals surface area contributed by atoms with Crippen LogP contribution in [-0.4, -0.2) is 42.1 Å². The third kappa shape index (κ3) is 5.57. The Labute approximate surface area is 196 Å². The lowest BCUT2D eigenvalue weighted by Crippen LogP contribution is -2.19. The molecule has 0 amide bonds. The van der Waals surface area contributed by atoms with Gasteiger partial charge in [0.15, 0.2) is 5.82 Å². The van der Waals surface area contributed by atoms with Gasteiger partial charge < -0.3 is 9.47 Å². The fraction of sp³-hybridized carbons (Fsp3) is 0.370. The maximum Gasteiger partial charge on any atom is 0.337 e. The molecule has 6 nitrogen and oxygen atoms in total. The summed E-state index contributed by atoms with van der Waals surface area (Å²) in [5.41, 5.74) is 7.15. The summed E-state index contributed by atoms with van der Waals surface area (Å²) in [4.78, 5) is 23.6. The number of rotatable bonds is 9. The van der Waals surface area contributed by atoms with Gasteiger partial charge in [0.1, 0.15) is 0 Å². The molecule has 0 saturated carbocycles. The Balaban J connectivity index is 1.86. The highest BCUT2D eigenvalue weighted by molar-refractivity contribution is 5.89. The van der Waals surface area contributed by atoms with Crippen molar-refractivity contribution in [1.29, 1.82) is 0 Å². The first-order valence-electron chi connectivity index (χ1n) is 11.3. The third-order valence-corrected chi connectivity index (χ3v) is 5.85. The molecule has 3 rings (SSSR count). The fourth-order valence-corrected chi connectivity index (χ4v) is 4.06. The van der Waals surface area contributed by atoms with Crippen LogP contribution in [0.1, 0.15) is 52.2 Å². The quantitative estimate of drug-likeness (QED) is 0.430. The smallest absolute Gasteiger partial charge is 0.337 e. The van der Waals surface area contributed by atoms with E-state index in [1.807, 2.05) is 26.1 Å². The van der Waals surface area contributed by atoms with Crippen LogP contribution >= 0.6 is 0 Å². The molecule has 6 heteroatoms. The lowest BCUT2D eigenvalue weighted by molar-refractivity contribution is 0.0600. The molecule has 0 bridgehead atoms. The fourth-order valence-electron chi connectivity index (χ4n) is 4.06. The van der Waals surface area contributed by atoms with Crippen LogP contribution in [0.2, 0.25) is 0 Å². The number of carbonyl (C=O) groups is 1. The lowest BCUT2D eigenvalue weighted by Gasteiger charge is -2.21. The van der Waals surface area contributed by atoms with E-state index in [9.17, 15) is 4.79 Å². The van der Waals surface area contributed by atoms with E-state index in [1.54, 1.807) is 19.2 Å². The summed E-state index contributed by atoms with van der Waals surface area (Å²) in [6, 6.07) is 13.9. The molecule has 3 aromatic rings. The van der Waals surface area contributed by atoms with Crippen LogP contribution in [0.25, 0.3) is 11.4 Å². The molecule has 0 unspecified atom stereocenters.